The van der Waals surface area contributed by atoms with Crippen molar-refractivity contribution in [2.24, 2.45) is 5.92 Å². The van der Waals surface area contributed by atoms with E-state index in [-0.39, 0.29) is 21.8 Å². The molecule has 1 aromatic carbocycles. The molecule has 0 aliphatic carbocycles. The monoisotopic (exact) mass is 374 g/mol. The molecule has 2 aliphatic rings. The highest BCUT2D eigenvalue weighted by molar-refractivity contribution is 7.90. The summed E-state index contributed by atoms with van der Waals surface area (Å²) in [7, 11) is -5.06. The normalized spacial score (nSPS) is 26.9. The van der Waals surface area contributed by atoms with E-state index in [1.165, 1.54) is 28.6 Å². The van der Waals surface area contributed by atoms with Gasteiger partial charge in [-0.3, -0.25) is 0 Å². The number of sulfonamides is 1. The first-order chi connectivity index (χ1) is 11.2. The molecule has 0 spiro atoms. The van der Waals surface area contributed by atoms with Gasteiger partial charge in [0.25, 0.3) is 0 Å². The summed E-state index contributed by atoms with van der Waals surface area (Å²) in [6.45, 7) is 2.78. The molecule has 0 saturated carbocycles. The lowest BCUT2D eigenvalue weighted by atomic mass is 10.1. The van der Waals surface area contributed by atoms with Crippen molar-refractivity contribution in [3.63, 3.8) is 0 Å². The van der Waals surface area contributed by atoms with Crippen LogP contribution >= 0.6 is 0 Å². The molecule has 3 rings (SSSR count). The van der Waals surface area contributed by atoms with Crippen molar-refractivity contribution in [2.75, 3.05) is 46.2 Å². The van der Waals surface area contributed by atoms with E-state index in [1.54, 1.807) is 0 Å². The van der Waals surface area contributed by atoms with Crippen molar-refractivity contribution < 1.29 is 21.6 Å². The first-order valence-corrected chi connectivity index (χ1v) is 11.1. The number of hydrogen-bond acceptors (Lipinski definition) is 6. The molecular weight excluding hydrogens is 352 g/mol. The highest BCUT2D eigenvalue weighted by atomic mass is 32.2. The Morgan fingerprint density at radius 1 is 0.958 bits per heavy atom. The molecule has 0 amide bonds. The third-order valence-electron chi connectivity index (χ3n) is 4.46. The lowest BCUT2D eigenvalue weighted by molar-refractivity contribution is 0.0659. The van der Waals surface area contributed by atoms with E-state index in [0.29, 0.717) is 26.3 Å². The summed E-state index contributed by atoms with van der Waals surface area (Å²) in [4.78, 5) is 2.37. The van der Waals surface area contributed by atoms with Crippen LogP contribution in [0.15, 0.2) is 34.1 Å². The number of ether oxygens (including phenoxy) is 1. The molecule has 7 nitrogen and oxygen atoms in total. The quantitative estimate of drug-likeness (QED) is 0.743. The zero-order valence-corrected chi connectivity index (χ0v) is 15.4. The van der Waals surface area contributed by atoms with Gasteiger partial charge in [0, 0.05) is 31.8 Å². The minimum Gasteiger partial charge on any atom is -0.379 e. The predicted molar refractivity (Wildman–Crippen MR) is 89.0 cm³/mol. The summed E-state index contributed by atoms with van der Waals surface area (Å²) in [6, 6.07) is 5.18. The largest absolute Gasteiger partial charge is 0.379 e. The average molecular weight is 374 g/mol. The molecule has 1 aromatic rings. The molecule has 2 bridgehead atoms. The topological polar surface area (TPSA) is 84.0 Å². The number of rotatable bonds is 3. The van der Waals surface area contributed by atoms with Crippen molar-refractivity contribution in [1.82, 2.24) is 9.21 Å². The predicted octanol–water partition coefficient (Wildman–Crippen LogP) is 0.0412. The van der Waals surface area contributed by atoms with Crippen molar-refractivity contribution in [2.45, 2.75) is 15.8 Å². The number of fused-ring (bicyclic) bond motifs is 3. The third-order valence-corrected chi connectivity index (χ3v) is 7.52. The number of benzene rings is 1. The Hall–Kier alpha value is -1.00. The van der Waals surface area contributed by atoms with Crippen LogP contribution in [0.2, 0.25) is 0 Å². The lowest BCUT2D eigenvalue weighted by Crippen LogP contribution is -2.45. The molecule has 0 aromatic heterocycles. The molecular formula is C15H22N2O5S2. The van der Waals surface area contributed by atoms with E-state index < -0.39 is 19.9 Å². The fraction of sp³-hybridized carbons (Fsp3) is 0.600. The summed E-state index contributed by atoms with van der Waals surface area (Å²) in [6.07, 6.45) is 1.10. The fourth-order valence-corrected chi connectivity index (χ4v) is 5.64. The van der Waals surface area contributed by atoms with Gasteiger partial charge in [0.1, 0.15) is 0 Å². The zero-order valence-electron chi connectivity index (χ0n) is 13.8. The van der Waals surface area contributed by atoms with E-state index in [2.05, 4.69) is 4.90 Å². The maximum atomic E-state index is 13.1. The number of hydrogen-bond donors (Lipinski definition) is 0. The SMILES string of the molecule is CN1C[C@@H]2COC[C@H](C1)N(S(=O)(=O)c1ccc(S(C)(=O)=O)cc1)C2. The average Bonchev–Trinajstić information content (AvgIpc) is 2.77. The maximum Gasteiger partial charge on any atom is 0.243 e. The van der Waals surface area contributed by atoms with Gasteiger partial charge in [-0.05, 0) is 31.3 Å². The van der Waals surface area contributed by atoms with Gasteiger partial charge in [-0.25, -0.2) is 16.8 Å². The van der Waals surface area contributed by atoms with E-state index in [0.717, 1.165) is 12.8 Å². The van der Waals surface area contributed by atoms with Crippen LogP contribution in [0.25, 0.3) is 0 Å². The van der Waals surface area contributed by atoms with Gasteiger partial charge in [-0.2, -0.15) is 4.31 Å². The van der Waals surface area contributed by atoms with Crippen LogP contribution in [0.4, 0.5) is 0 Å². The van der Waals surface area contributed by atoms with Gasteiger partial charge in [-0.15, -0.1) is 0 Å². The minimum atomic E-state index is -3.69. The van der Waals surface area contributed by atoms with Gasteiger partial charge in [-0.1, -0.05) is 0 Å². The van der Waals surface area contributed by atoms with E-state index in [9.17, 15) is 16.8 Å². The summed E-state index contributed by atoms with van der Waals surface area (Å²) >= 11 is 0. The van der Waals surface area contributed by atoms with Crippen molar-refractivity contribution in [1.29, 1.82) is 0 Å². The Morgan fingerprint density at radius 2 is 1.58 bits per heavy atom. The molecule has 2 heterocycles. The van der Waals surface area contributed by atoms with Gasteiger partial charge in [0.2, 0.25) is 10.0 Å². The molecule has 0 radical (unpaired) electrons. The highest BCUT2D eigenvalue weighted by Gasteiger charge is 2.39. The van der Waals surface area contributed by atoms with Gasteiger partial charge in [0.05, 0.1) is 29.0 Å². The number of sulfone groups is 1. The van der Waals surface area contributed by atoms with Crippen LogP contribution in [0.5, 0.6) is 0 Å². The summed E-state index contributed by atoms with van der Waals surface area (Å²) in [5.74, 6) is 0.132. The molecule has 0 unspecified atom stereocenters. The molecule has 0 N–H and O–H groups in total. The van der Waals surface area contributed by atoms with Crippen LogP contribution < -0.4 is 0 Å². The van der Waals surface area contributed by atoms with E-state index in [1.807, 2.05) is 7.05 Å². The zero-order chi connectivity index (χ0) is 17.5. The van der Waals surface area contributed by atoms with Crippen molar-refractivity contribution in [3.05, 3.63) is 24.3 Å². The van der Waals surface area contributed by atoms with Crippen LogP contribution in [0.1, 0.15) is 0 Å². The standard InChI is InChI=1S/C15H22N2O5S2/c1-16-7-12-8-17(13(9-16)11-22-10-12)24(20,21)15-5-3-14(4-6-15)23(2,18)19/h3-6,12-13H,7-11H2,1-2H3/t12-,13-/m0/s1. The maximum absolute atomic E-state index is 13.1. The second kappa shape index (κ2) is 6.38. The smallest absolute Gasteiger partial charge is 0.243 e. The Bertz CT molecular complexity index is 805. The first-order valence-electron chi connectivity index (χ1n) is 7.76. The van der Waals surface area contributed by atoms with Crippen molar-refractivity contribution in [3.8, 4) is 0 Å². The summed E-state index contributed by atoms with van der Waals surface area (Å²) < 4.78 is 56.3. The minimum absolute atomic E-state index is 0.110. The number of likely N-dealkylation sites (N-methyl/N-ethyl adjacent to an activating group) is 1. The summed E-state index contributed by atoms with van der Waals surface area (Å²) in [5.41, 5.74) is 0. The van der Waals surface area contributed by atoms with Gasteiger partial charge in [0.15, 0.2) is 9.84 Å². The van der Waals surface area contributed by atoms with Crippen molar-refractivity contribution >= 4 is 19.9 Å². The van der Waals surface area contributed by atoms with Gasteiger partial charge < -0.3 is 9.64 Å². The fourth-order valence-electron chi connectivity index (χ4n) is 3.33. The third kappa shape index (κ3) is 3.50. The second-order valence-corrected chi connectivity index (χ2v) is 10.5. The lowest BCUT2D eigenvalue weighted by Gasteiger charge is -2.29. The Kier molecular flexibility index (Phi) is 4.73. The highest BCUT2D eigenvalue weighted by Crippen LogP contribution is 2.26. The number of nitrogens with zero attached hydrogens (tertiary/aromatic N) is 2. The Morgan fingerprint density at radius 3 is 2.21 bits per heavy atom. The van der Waals surface area contributed by atoms with E-state index in [4.69, 9.17) is 4.74 Å². The van der Waals surface area contributed by atoms with Crippen LogP contribution in [0.3, 0.4) is 0 Å². The molecule has 2 aliphatic heterocycles. The molecule has 134 valence electrons. The van der Waals surface area contributed by atoms with Gasteiger partial charge >= 0.3 is 0 Å². The molecule has 2 saturated heterocycles. The van der Waals surface area contributed by atoms with Crippen LogP contribution in [0, 0.1) is 5.92 Å². The van der Waals surface area contributed by atoms with Crippen LogP contribution in [-0.4, -0.2) is 78.2 Å². The molecule has 2 fully saturated rings. The second-order valence-electron chi connectivity index (χ2n) is 6.60. The Balaban J connectivity index is 1.95. The molecule has 2 atom stereocenters. The first kappa shape index (κ1) is 17.8. The summed E-state index contributed by atoms with van der Waals surface area (Å²) in [5, 5.41) is 0. The Labute approximate surface area is 143 Å². The molecule has 9 heteroatoms. The molecule has 24 heavy (non-hydrogen) atoms. The van der Waals surface area contributed by atoms with E-state index >= 15 is 0 Å². The van der Waals surface area contributed by atoms with Crippen LogP contribution in [-0.2, 0) is 24.6 Å².